The highest BCUT2D eigenvalue weighted by molar-refractivity contribution is 9.10. The summed E-state index contributed by atoms with van der Waals surface area (Å²) in [6.45, 7) is 5.07. The maximum Gasteiger partial charge on any atom is 0.272 e. The topological polar surface area (TPSA) is 42.4 Å². The molecular formula is C14H19BrN2O2. The van der Waals surface area contributed by atoms with Gasteiger partial charge in [-0.1, -0.05) is 0 Å². The Balaban J connectivity index is 1.96. The lowest BCUT2D eigenvalue weighted by atomic mass is 9.98. The first kappa shape index (κ1) is 14.5. The molecular weight excluding hydrogens is 308 g/mol. The van der Waals surface area contributed by atoms with Crippen LogP contribution in [-0.4, -0.2) is 42.1 Å². The molecule has 0 radical (unpaired) electrons. The lowest BCUT2D eigenvalue weighted by Crippen LogP contribution is -2.41. The molecule has 0 aliphatic carbocycles. The van der Waals surface area contributed by atoms with Crippen LogP contribution in [0.2, 0.25) is 0 Å². The van der Waals surface area contributed by atoms with Gasteiger partial charge in [0, 0.05) is 30.4 Å². The van der Waals surface area contributed by atoms with Crippen molar-refractivity contribution in [2.45, 2.75) is 19.8 Å². The molecule has 1 fully saturated rings. The second-order valence-corrected chi connectivity index (χ2v) is 5.70. The van der Waals surface area contributed by atoms with E-state index in [-0.39, 0.29) is 5.91 Å². The summed E-state index contributed by atoms with van der Waals surface area (Å²) in [5.74, 6) is 0.474. The number of halogens is 1. The molecule has 1 saturated heterocycles. The molecule has 1 aromatic rings. The predicted molar refractivity (Wildman–Crippen MR) is 77.1 cm³/mol. The van der Waals surface area contributed by atoms with E-state index in [1.165, 1.54) is 0 Å². The molecule has 1 unspecified atom stereocenters. The standard InChI is InChI=1S/C14H19BrN2O2/c1-2-19-10-11-4-3-7-17(9-11)14(18)13-6-5-12(15)8-16-13/h5-6,8,11H,2-4,7,9-10H2,1H3. The van der Waals surface area contributed by atoms with Crippen LogP contribution in [0.3, 0.4) is 0 Å². The van der Waals surface area contributed by atoms with E-state index in [1.54, 1.807) is 12.3 Å². The van der Waals surface area contributed by atoms with E-state index >= 15 is 0 Å². The lowest BCUT2D eigenvalue weighted by molar-refractivity contribution is 0.0496. The van der Waals surface area contributed by atoms with Gasteiger partial charge in [-0.2, -0.15) is 0 Å². The zero-order valence-electron chi connectivity index (χ0n) is 11.1. The van der Waals surface area contributed by atoms with Crippen LogP contribution >= 0.6 is 15.9 Å². The SMILES string of the molecule is CCOCC1CCCN(C(=O)c2ccc(Br)cn2)C1. The van der Waals surface area contributed by atoms with Crippen molar-refractivity contribution in [1.82, 2.24) is 9.88 Å². The molecule has 0 bridgehead atoms. The molecule has 4 nitrogen and oxygen atoms in total. The number of aromatic nitrogens is 1. The van der Waals surface area contributed by atoms with E-state index in [9.17, 15) is 4.79 Å². The fraction of sp³-hybridized carbons (Fsp3) is 0.571. The maximum atomic E-state index is 12.3. The molecule has 5 heteroatoms. The molecule has 0 N–H and O–H groups in total. The minimum absolute atomic E-state index is 0.0219. The summed E-state index contributed by atoms with van der Waals surface area (Å²) in [5.41, 5.74) is 0.514. The lowest BCUT2D eigenvalue weighted by Gasteiger charge is -2.32. The third-order valence-electron chi connectivity index (χ3n) is 3.31. The van der Waals surface area contributed by atoms with Gasteiger partial charge in [0.1, 0.15) is 5.69 Å². The molecule has 19 heavy (non-hydrogen) atoms. The molecule has 0 saturated carbocycles. The smallest absolute Gasteiger partial charge is 0.272 e. The fourth-order valence-corrected chi connectivity index (χ4v) is 2.57. The first-order valence-electron chi connectivity index (χ1n) is 6.69. The Morgan fingerprint density at radius 3 is 3.11 bits per heavy atom. The highest BCUT2D eigenvalue weighted by Crippen LogP contribution is 2.19. The third kappa shape index (κ3) is 4.01. The van der Waals surface area contributed by atoms with E-state index in [1.807, 2.05) is 17.9 Å². The molecule has 1 aromatic heterocycles. The Morgan fingerprint density at radius 2 is 2.42 bits per heavy atom. The minimum atomic E-state index is 0.0219. The number of hydrogen-bond donors (Lipinski definition) is 0. The second kappa shape index (κ2) is 7.01. The zero-order chi connectivity index (χ0) is 13.7. The first-order chi connectivity index (χ1) is 9.20. The van der Waals surface area contributed by atoms with Crippen LogP contribution in [0.15, 0.2) is 22.8 Å². The normalized spacial score (nSPS) is 19.5. The number of rotatable bonds is 4. The summed E-state index contributed by atoms with van der Waals surface area (Å²) in [6.07, 6.45) is 3.84. The Kier molecular flexibility index (Phi) is 5.34. The first-order valence-corrected chi connectivity index (χ1v) is 7.48. The van der Waals surface area contributed by atoms with Crippen LogP contribution in [0.25, 0.3) is 0 Å². The molecule has 104 valence electrons. The highest BCUT2D eigenvalue weighted by Gasteiger charge is 2.25. The Morgan fingerprint density at radius 1 is 1.58 bits per heavy atom. The molecule has 2 rings (SSSR count). The van der Waals surface area contributed by atoms with Gasteiger partial charge >= 0.3 is 0 Å². The van der Waals surface area contributed by atoms with Crippen LogP contribution in [0.1, 0.15) is 30.3 Å². The van der Waals surface area contributed by atoms with Gasteiger partial charge in [0.2, 0.25) is 0 Å². The maximum absolute atomic E-state index is 12.3. The van der Waals surface area contributed by atoms with E-state index < -0.39 is 0 Å². The number of hydrogen-bond acceptors (Lipinski definition) is 3. The van der Waals surface area contributed by atoms with Crippen LogP contribution < -0.4 is 0 Å². The summed E-state index contributed by atoms with van der Waals surface area (Å²) < 4.78 is 6.35. The van der Waals surface area contributed by atoms with Gasteiger partial charge in [-0.3, -0.25) is 4.79 Å². The Bertz CT molecular complexity index is 422. The fourth-order valence-electron chi connectivity index (χ4n) is 2.33. The van der Waals surface area contributed by atoms with E-state index in [2.05, 4.69) is 20.9 Å². The summed E-state index contributed by atoms with van der Waals surface area (Å²) in [4.78, 5) is 18.4. The largest absolute Gasteiger partial charge is 0.381 e. The van der Waals surface area contributed by atoms with Crippen LogP contribution in [0.5, 0.6) is 0 Å². The second-order valence-electron chi connectivity index (χ2n) is 4.78. The number of pyridine rings is 1. The van der Waals surface area contributed by atoms with Crippen molar-refractivity contribution in [2.75, 3.05) is 26.3 Å². The van der Waals surface area contributed by atoms with Crippen LogP contribution in [-0.2, 0) is 4.74 Å². The number of amides is 1. The molecule has 1 amide bonds. The van der Waals surface area contributed by atoms with Crippen molar-refractivity contribution < 1.29 is 9.53 Å². The van der Waals surface area contributed by atoms with Crippen LogP contribution in [0.4, 0.5) is 0 Å². The number of ether oxygens (including phenoxy) is 1. The van der Waals surface area contributed by atoms with Crippen molar-refractivity contribution >= 4 is 21.8 Å². The van der Waals surface area contributed by atoms with Crippen molar-refractivity contribution in [3.63, 3.8) is 0 Å². The minimum Gasteiger partial charge on any atom is -0.381 e. The Hall–Kier alpha value is -0.940. The van der Waals surface area contributed by atoms with Crippen molar-refractivity contribution in [3.05, 3.63) is 28.5 Å². The molecule has 0 spiro atoms. The Labute approximate surface area is 122 Å². The highest BCUT2D eigenvalue weighted by atomic mass is 79.9. The van der Waals surface area contributed by atoms with Crippen molar-refractivity contribution in [1.29, 1.82) is 0 Å². The van der Waals surface area contributed by atoms with Gasteiger partial charge in [0.05, 0.1) is 6.61 Å². The molecule has 1 aliphatic heterocycles. The number of piperidine rings is 1. The van der Waals surface area contributed by atoms with Gasteiger partial charge in [-0.15, -0.1) is 0 Å². The molecule has 2 heterocycles. The monoisotopic (exact) mass is 326 g/mol. The van der Waals surface area contributed by atoms with E-state index in [4.69, 9.17) is 4.74 Å². The van der Waals surface area contributed by atoms with Gasteiger partial charge in [0.15, 0.2) is 0 Å². The molecule has 0 aromatic carbocycles. The van der Waals surface area contributed by atoms with E-state index in [0.29, 0.717) is 11.6 Å². The average molecular weight is 327 g/mol. The van der Waals surface area contributed by atoms with Gasteiger partial charge in [-0.25, -0.2) is 4.98 Å². The quantitative estimate of drug-likeness (QED) is 0.854. The van der Waals surface area contributed by atoms with Crippen molar-refractivity contribution in [3.8, 4) is 0 Å². The van der Waals surface area contributed by atoms with Crippen LogP contribution in [0, 0.1) is 5.92 Å². The average Bonchev–Trinajstić information content (AvgIpc) is 2.45. The number of carbonyl (C=O) groups is 1. The summed E-state index contributed by atoms with van der Waals surface area (Å²) in [6, 6.07) is 3.61. The summed E-state index contributed by atoms with van der Waals surface area (Å²) in [5, 5.41) is 0. The zero-order valence-corrected chi connectivity index (χ0v) is 12.7. The number of nitrogens with zero attached hydrogens (tertiary/aromatic N) is 2. The number of carbonyl (C=O) groups excluding carboxylic acids is 1. The molecule has 1 aliphatic rings. The van der Waals surface area contributed by atoms with Crippen molar-refractivity contribution in [2.24, 2.45) is 5.92 Å². The van der Waals surface area contributed by atoms with E-state index in [0.717, 1.165) is 43.6 Å². The third-order valence-corrected chi connectivity index (χ3v) is 3.78. The van der Waals surface area contributed by atoms with Gasteiger partial charge in [-0.05, 0) is 53.7 Å². The summed E-state index contributed by atoms with van der Waals surface area (Å²) >= 11 is 3.32. The van der Waals surface area contributed by atoms with Gasteiger partial charge in [0.25, 0.3) is 5.91 Å². The number of likely N-dealkylation sites (tertiary alicyclic amines) is 1. The van der Waals surface area contributed by atoms with Gasteiger partial charge < -0.3 is 9.64 Å². The summed E-state index contributed by atoms with van der Waals surface area (Å²) in [7, 11) is 0. The molecule has 1 atom stereocenters. The predicted octanol–water partition coefficient (Wildman–Crippen LogP) is 2.73.